The van der Waals surface area contributed by atoms with Gasteiger partial charge in [0.1, 0.15) is 18.8 Å². The highest BCUT2D eigenvalue weighted by atomic mass is 32.1. The van der Waals surface area contributed by atoms with E-state index >= 15 is 0 Å². The van der Waals surface area contributed by atoms with Gasteiger partial charge in [-0.1, -0.05) is 36.4 Å². The molecule has 1 aromatic heterocycles. The molecular weight excluding hydrogens is 290 g/mol. The van der Waals surface area contributed by atoms with Crippen LogP contribution < -0.4 is 5.32 Å². The minimum absolute atomic E-state index is 0.0767. The highest BCUT2D eigenvalue weighted by molar-refractivity contribution is 7.10. The molecule has 2 aromatic rings. The molecule has 0 aliphatic rings. The SMILES string of the molecule is O=C(NCC(O)C(O)c1cccs1)OCc1ccccc1. The third-order valence-electron chi connectivity index (χ3n) is 2.87. The van der Waals surface area contributed by atoms with Crippen molar-refractivity contribution >= 4 is 17.4 Å². The number of aliphatic hydroxyl groups excluding tert-OH is 2. The number of benzene rings is 1. The van der Waals surface area contributed by atoms with E-state index in [0.29, 0.717) is 4.88 Å². The fourth-order valence-corrected chi connectivity index (χ4v) is 2.49. The Kier molecular flexibility index (Phi) is 5.74. The Morgan fingerprint density at radius 1 is 1.19 bits per heavy atom. The van der Waals surface area contributed by atoms with Crippen LogP contribution in [0.5, 0.6) is 0 Å². The van der Waals surface area contributed by atoms with E-state index in [9.17, 15) is 15.0 Å². The molecule has 1 amide bonds. The lowest BCUT2D eigenvalue weighted by Crippen LogP contribution is -2.35. The smallest absolute Gasteiger partial charge is 0.407 e. The van der Waals surface area contributed by atoms with Crippen LogP contribution in [0.1, 0.15) is 16.5 Å². The summed E-state index contributed by atoms with van der Waals surface area (Å²) in [7, 11) is 0. The van der Waals surface area contributed by atoms with E-state index < -0.39 is 18.3 Å². The molecule has 0 saturated heterocycles. The molecule has 6 heteroatoms. The Labute approximate surface area is 126 Å². The van der Waals surface area contributed by atoms with Gasteiger partial charge in [-0.05, 0) is 17.0 Å². The number of ether oxygens (including phenoxy) is 1. The van der Waals surface area contributed by atoms with Crippen molar-refractivity contribution in [2.45, 2.75) is 18.8 Å². The van der Waals surface area contributed by atoms with Crippen LogP contribution in [0.15, 0.2) is 47.8 Å². The molecule has 1 aromatic carbocycles. The minimum Gasteiger partial charge on any atom is -0.445 e. The molecule has 112 valence electrons. The number of hydrogen-bond donors (Lipinski definition) is 3. The van der Waals surface area contributed by atoms with E-state index in [-0.39, 0.29) is 13.2 Å². The first-order chi connectivity index (χ1) is 10.2. The molecule has 2 atom stereocenters. The number of hydrogen-bond acceptors (Lipinski definition) is 5. The summed E-state index contributed by atoms with van der Waals surface area (Å²) in [5.74, 6) is 0. The average molecular weight is 307 g/mol. The monoisotopic (exact) mass is 307 g/mol. The summed E-state index contributed by atoms with van der Waals surface area (Å²) in [6, 6.07) is 12.8. The largest absolute Gasteiger partial charge is 0.445 e. The number of rotatable bonds is 6. The molecule has 0 radical (unpaired) electrons. The Bertz CT molecular complexity index is 544. The van der Waals surface area contributed by atoms with Gasteiger partial charge in [0, 0.05) is 11.4 Å². The first kappa shape index (κ1) is 15.5. The predicted octanol–water partition coefficient (Wildman–Crippen LogP) is 2.07. The number of amides is 1. The van der Waals surface area contributed by atoms with E-state index in [1.54, 1.807) is 12.1 Å². The van der Waals surface area contributed by atoms with Crippen molar-refractivity contribution in [3.63, 3.8) is 0 Å². The minimum atomic E-state index is -1.08. The maximum atomic E-state index is 11.5. The van der Waals surface area contributed by atoms with Gasteiger partial charge in [-0.3, -0.25) is 0 Å². The highest BCUT2D eigenvalue weighted by Crippen LogP contribution is 2.21. The zero-order valence-corrected chi connectivity index (χ0v) is 12.1. The summed E-state index contributed by atoms with van der Waals surface area (Å²) in [6.07, 6.45) is -2.72. The van der Waals surface area contributed by atoms with Crippen LogP contribution in [0.4, 0.5) is 4.79 Å². The van der Waals surface area contributed by atoms with E-state index in [1.807, 2.05) is 35.7 Å². The van der Waals surface area contributed by atoms with Crippen LogP contribution in [-0.2, 0) is 11.3 Å². The molecule has 1 heterocycles. The lowest BCUT2D eigenvalue weighted by molar-refractivity contribution is 0.0205. The normalized spacial score (nSPS) is 13.4. The second-order valence-electron chi connectivity index (χ2n) is 4.47. The van der Waals surface area contributed by atoms with Crippen molar-refractivity contribution in [2.24, 2.45) is 0 Å². The molecule has 0 spiro atoms. The summed E-state index contributed by atoms with van der Waals surface area (Å²) in [5.41, 5.74) is 0.881. The van der Waals surface area contributed by atoms with Gasteiger partial charge in [0.2, 0.25) is 0 Å². The number of carbonyl (C=O) groups is 1. The highest BCUT2D eigenvalue weighted by Gasteiger charge is 2.20. The summed E-state index contributed by atoms with van der Waals surface area (Å²) in [5, 5.41) is 23.9. The Balaban J connectivity index is 1.71. The zero-order valence-electron chi connectivity index (χ0n) is 11.3. The summed E-state index contributed by atoms with van der Waals surface area (Å²) in [4.78, 5) is 12.2. The van der Waals surface area contributed by atoms with Gasteiger partial charge < -0.3 is 20.3 Å². The number of aliphatic hydroxyl groups is 2. The van der Waals surface area contributed by atoms with Gasteiger partial charge >= 0.3 is 6.09 Å². The Morgan fingerprint density at radius 3 is 2.62 bits per heavy atom. The van der Waals surface area contributed by atoms with Gasteiger partial charge in [0.15, 0.2) is 0 Å². The second-order valence-corrected chi connectivity index (χ2v) is 5.45. The number of alkyl carbamates (subject to hydrolysis) is 1. The fraction of sp³-hybridized carbons (Fsp3) is 0.267. The van der Waals surface area contributed by atoms with Crippen LogP contribution >= 0.6 is 11.3 Å². The lowest BCUT2D eigenvalue weighted by Gasteiger charge is -2.17. The number of thiophene rings is 1. The number of carbonyl (C=O) groups excluding carboxylic acids is 1. The van der Waals surface area contributed by atoms with Gasteiger partial charge in [0.25, 0.3) is 0 Å². The van der Waals surface area contributed by atoms with E-state index in [1.165, 1.54) is 11.3 Å². The fourth-order valence-electron chi connectivity index (χ4n) is 1.72. The lowest BCUT2D eigenvalue weighted by atomic mass is 10.2. The zero-order chi connectivity index (χ0) is 15.1. The topological polar surface area (TPSA) is 78.8 Å². The molecular formula is C15H17NO4S. The Hall–Kier alpha value is -1.89. The van der Waals surface area contributed by atoms with Crippen molar-refractivity contribution in [3.05, 3.63) is 58.3 Å². The summed E-state index contributed by atoms with van der Waals surface area (Å²) in [6.45, 7) is 0.0862. The third-order valence-corrected chi connectivity index (χ3v) is 3.81. The van der Waals surface area contributed by atoms with Crippen molar-refractivity contribution in [1.29, 1.82) is 0 Å². The molecule has 2 rings (SSSR count). The molecule has 0 saturated carbocycles. The second kappa shape index (κ2) is 7.78. The summed E-state index contributed by atoms with van der Waals surface area (Å²) >= 11 is 1.35. The first-order valence-corrected chi connectivity index (χ1v) is 7.39. The van der Waals surface area contributed by atoms with Crippen LogP contribution in [-0.4, -0.2) is 29.0 Å². The summed E-state index contributed by atoms with van der Waals surface area (Å²) < 4.78 is 5.01. The van der Waals surface area contributed by atoms with E-state index in [4.69, 9.17) is 4.74 Å². The first-order valence-electron chi connectivity index (χ1n) is 6.51. The molecule has 0 aliphatic carbocycles. The van der Waals surface area contributed by atoms with Crippen LogP contribution in [0.3, 0.4) is 0 Å². The van der Waals surface area contributed by atoms with E-state index in [0.717, 1.165) is 5.56 Å². The standard InChI is InChI=1S/C15H17NO4S/c17-12(14(18)13-7-4-8-21-13)9-16-15(19)20-10-11-5-2-1-3-6-11/h1-8,12,14,17-18H,9-10H2,(H,16,19). The molecule has 0 aliphatic heterocycles. The molecule has 0 bridgehead atoms. The van der Waals surface area contributed by atoms with Crippen molar-refractivity contribution in [2.75, 3.05) is 6.54 Å². The molecule has 5 nitrogen and oxygen atoms in total. The maximum Gasteiger partial charge on any atom is 0.407 e. The maximum absolute atomic E-state index is 11.5. The van der Waals surface area contributed by atoms with Crippen LogP contribution in [0, 0.1) is 0 Å². The van der Waals surface area contributed by atoms with Crippen molar-refractivity contribution in [3.8, 4) is 0 Å². The van der Waals surface area contributed by atoms with Gasteiger partial charge in [-0.15, -0.1) is 11.3 Å². The molecule has 3 N–H and O–H groups in total. The molecule has 2 unspecified atom stereocenters. The van der Waals surface area contributed by atoms with Crippen LogP contribution in [0.2, 0.25) is 0 Å². The quantitative estimate of drug-likeness (QED) is 0.763. The molecule has 21 heavy (non-hydrogen) atoms. The van der Waals surface area contributed by atoms with E-state index in [2.05, 4.69) is 5.32 Å². The predicted molar refractivity (Wildman–Crippen MR) is 79.9 cm³/mol. The van der Waals surface area contributed by atoms with Crippen molar-refractivity contribution in [1.82, 2.24) is 5.32 Å². The number of nitrogens with one attached hydrogen (secondary N) is 1. The van der Waals surface area contributed by atoms with Crippen molar-refractivity contribution < 1.29 is 19.7 Å². The van der Waals surface area contributed by atoms with Gasteiger partial charge in [-0.25, -0.2) is 4.79 Å². The van der Waals surface area contributed by atoms with Crippen LogP contribution in [0.25, 0.3) is 0 Å². The Morgan fingerprint density at radius 2 is 1.95 bits per heavy atom. The molecule has 0 fully saturated rings. The third kappa shape index (κ3) is 4.86. The van der Waals surface area contributed by atoms with Gasteiger partial charge in [0.05, 0.1) is 0 Å². The average Bonchev–Trinajstić information content (AvgIpc) is 3.05. The van der Waals surface area contributed by atoms with Gasteiger partial charge in [-0.2, -0.15) is 0 Å².